The topological polar surface area (TPSA) is 77.1 Å². The maximum absolute atomic E-state index is 13.4. The normalized spacial score (nSPS) is 22.0. The molecule has 5 rings (SSSR count). The first-order valence-corrected chi connectivity index (χ1v) is 12.9. The number of aromatic hydroxyl groups is 2. The second-order valence-corrected chi connectivity index (χ2v) is 10.7. The van der Waals surface area contributed by atoms with Crippen molar-refractivity contribution in [3.8, 4) is 22.8 Å². The van der Waals surface area contributed by atoms with Crippen molar-refractivity contribution in [3.63, 3.8) is 0 Å². The van der Waals surface area contributed by atoms with Crippen molar-refractivity contribution in [2.24, 2.45) is 11.8 Å². The molecule has 0 radical (unpaired) electrons. The van der Waals surface area contributed by atoms with Crippen molar-refractivity contribution in [2.45, 2.75) is 52.6 Å². The quantitative estimate of drug-likeness (QED) is 0.518. The minimum atomic E-state index is -0.288. The Kier molecular flexibility index (Phi) is 6.85. The van der Waals surface area contributed by atoms with Crippen LogP contribution in [0.15, 0.2) is 45.6 Å². The highest BCUT2D eigenvalue weighted by atomic mass is 16.3. The minimum absolute atomic E-state index is 0.0554. The number of phenolic OH excluding ortho intramolecular Hbond substituents is 2. The summed E-state index contributed by atoms with van der Waals surface area (Å²) in [6, 6.07) is 10.9. The second-order valence-electron chi connectivity index (χ2n) is 10.7. The highest BCUT2D eigenvalue weighted by Crippen LogP contribution is 2.41. The molecule has 3 aromatic rings. The molecule has 6 heteroatoms. The first-order chi connectivity index (χ1) is 16.9. The summed E-state index contributed by atoms with van der Waals surface area (Å²) in [5.41, 5.74) is 1.83. The summed E-state index contributed by atoms with van der Waals surface area (Å²) in [4.78, 5) is 18.0. The van der Waals surface area contributed by atoms with Crippen LogP contribution in [0.5, 0.6) is 11.5 Å². The summed E-state index contributed by atoms with van der Waals surface area (Å²) >= 11 is 0. The van der Waals surface area contributed by atoms with Gasteiger partial charge in [-0.25, -0.2) is 0 Å². The molecule has 2 aliphatic rings. The van der Waals surface area contributed by atoms with Crippen LogP contribution in [0.2, 0.25) is 0 Å². The molecule has 35 heavy (non-hydrogen) atoms. The lowest BCUT2D eigenvalue weighted by molar-refractivity contribution is 0.170. The molecule has 2 fully saturated rings. The molecule has 0 aliphatic carbocycles. The van der Waals surface area contributed by atoms with Gasteiger partial charge in [-0.15, -0.1) is 0 Å². The number of likely N-dealkylation sites (tertiary alicyclic amines) is 2. The zero-order valence-electron chi connectivity index (χ0n) is 20.8. The van der Waals surface area contributed by atoms with E-state index in [1.54, 1.807) is 0 Å². The first-order valence-electron chi connectivity index (χ1n) is 12.9. The van der Waals surface area contributed by atoms with Gasteiger partial charge in [0, 0.05) is 37.8 Å². The van der Waals surface area contributed by atoms with Crippen LogP contribution >= 0.6 is 0 Å². The number of piperidine rings is 2. The average Bonchev–Trinajstić information content (AvgIpc) is 2.84. The molecule has 186 valence electrons. The maximum Gasteiger partial charge on any atom is 0.197 e. The lowest BCUT2D eigenvalue weighted by atomic mass is 9.96. The van der Waals surface area contributed by atoms with E-state index in [0.717, 1.165) is 44.6 Å². The van der Waals surface area contributed by atoms with Crippen LogP contribution in [0.3, 0.4) is 0 Å². The second kappa shape index (κ2) is 10.0. The van der Waals surface area contributed by atoms with Gasteiger partial charge in [-0.1, -0.05) is 44.2 Å². The molecule has 2 aliphatic heterocycles. The Morgan fingerprint density at radius 1 is 0.886 bits per heavy atom. The van der Waals surface area contributed by atoms with Gasteiger partial charge in [0.05, 0.1) is 11.1 Å². The molecule has 0 unspecified atom stereocenters. The van der Waals surface area contributed by atoms with Crippen molar-refractivity contribution in [3.05, 3.63) is 57.7 Å². The van der Waals surface area contributed by atoms with Crippen LogP contribution < -0.4 is 5.43 Å². The lowest BCUT2D eigenvalue weighted by Gasteiger charge is -2.33. The van der Waals surface area contributed by atoms with Crippen molar-refractivity contribution in [2.75, 3.05) is 26.2 Å². The zero-order chi connectivity index (χ0) is 24.5. The van der Waals surface area contributed by atoms with Crippen LogP contribution in [0, 0.1) is 11.8 Å². The Morgan fingerprint density at radius 3 is 2.09 bits per heavy atom. The molecule has 2 aromatic carbocycles. The SMILES string of the molecule is C[C@@H]1CCCN(Cc2c(O)c(CN3CCC[C@H](C)C3)c(O)c3c(=O)cc(-c4ccccc4)oc23)C1. The van der Waals surface area contributed by atoms with E-state index >= 15 is 0 Å². The predicted molar refractivity (Wildman–Crippen MR) is 139 cm³/mol. The van der Waals surface area contributed by atoms with Crippen LogP contribution in [-0.4, -0.2) is 46.2 Å². The third-order valence-corrected chi connectivity index (χ3v) is 7.62. The lowest BCUT2D eigenvalue weighted by Crippen LogP contribution is -2.34. The standard InChI is InChI=1S/C29H36N2O4/c1-19-8-6-12-30(15-19)17-22-27(33)23(18-31-13-7-9-20(2)16-31)29-26(28(22)34)24(32)14-25(35-29)21-10-4-3-5-11-21/h3-5,10-11,14,19-20,33-34H,6-9,12-13,15-18H2,1-2H3/t19-,20+/m0/s1. The van der Waals surface area contributed by atoms with Crippen molar-refractivity contribution in [1.82, 2.24) is 9.80 Å². The summed E-state index contributed by atoms with van der Waals surface area (Å²) in [6.07, 6.45) is 4.59. The highest BCUT2D eigenvalue weighted by molar-refractivity contribution is 5.91. The Hall–Kier alpha value is -2.83. The molecular formula is C29H36N2O4. The van der Waals surface area contributed by atoms with Crippen molar-refractivity contribution in [1.29, 1.82) is 0 Å². The molecule has 0 spiro atoms. The zero-order valence-corrected chi connectivity index (χ0v) is 20.8. The molecule has 1 aromatic heterocycles. The average molecular weight is 477 g/mol. The van der Waals surface area contributed by atoms with E-state index in [1.807, 2.05) is 30.3 Å². The number of fused-ring (bicyclic) bond motifs is 1. The van der Waals surface area contributed by atoms with Gasteiger partial charge in [-0.2, -0.15) is 0 Å². The van der Waals surface area contributed by atoms with Gasteiger partial charge in [0.2, 0.25) is 0 Å². The molecule has 2 saturated heterocycles. The Labute approximate surface area is 206 Å². The number of phenols is 2. The number of nitrogens with zero attached hydrogens (tertiary/aromatic N) is 2. The smallest absolute Gasteiger partial charge is 0.197 e. The molecule has 0 saturated carbocycles. The number of hydrogen-bond donors (Lipinski definition) is 2. The number of hydrogen-bond acceptors (Lipinski definition) is 6. The Balaban J connectivity index is 1.65. The van der Waals surface area contributed by atoms with Gasteiger partial charge >= 0.3 is 0 Å². The van der Waals surface area contributed by atoms with Gasteiger partial charge in [0.1, 0.15) is 22.6 Å². The van der Waals surface area contributed by atoms with Gasteiger partial charge in [-0.05, 0) is 50.6 Å². The number of rotatable bonds is 5. The fourth-order valence-electron chi connectivity index (χ4n) is 5.83. The van der Waals surface area contributed by atoms with E-state index < -0.39 is 0 Å². The molecule has 6 nitrogen and oxygen atoms in total. The summed E-state index contributed by atoms with van der Waals surface area (Å²) in [7, 11) is 0. The van der Waals surface area contributed by atoms with E-state index in [9.17, 15) is 15.0 Å². The van der Waals surface area contributed by atoms with E-state index in [4.69, 9.17) is 4.42 Å². The van der Waals surface area contributed by atoms with E-state index in [0.29, 0.717) is 47.4 Å². The maximum atomic E-state index is 13.4. The number of benzene rings is 2. The van der Waals surface area contributed by atoms with Crippen LogP contribution in [0.4, 0.5) is 0 Å². The van der Waals surface area contributed by atoms with Crippen molar-refractivity contribution >= 4 is 11.0 Å². The van der Waals surface area contributed by atoms with Crippen LogP contribution in [0.25, 0.3) is 22.3 Å². The van der Waals surface area contributed by atoms with Gasteiger partial charge < -0.3 is 14.6 Å². The van der Waals surface area contributed by atoms with E-state index in [2.05, 4.69) is 23.6 Å². The van der Waals surface area contributed by atoms with Crippen LogP contribution in [0.1, 0.15) is 50.7 Å². The Bertz CT molecular complexity index is 1250. The Morgan fingerprint density at radius 2 is 1.49 bits per heavy atom. The van der Waals surface area contributed by atoms with Crippen molar-refractivity contribution < 1.29 is 14.6 Å². The van der Waals surface area contributed by atoms with Gasteiger partial charge in [0.25, 0.3) is 0 Å². The summed E-state index contributed by atoms with van der Waals surface area (Å²) in [5.74, 6) is 1.49. The summed E-state index contributed by atoms with van der Waals surface area (Å²) in [6.45, 7) is 9.08. The molecule has 0 amide bonds. The monoisotopic (exact) mass is 476 g/mol. The summed E-state index contributed by atoms with van der Waals surface area (Å²) < 4.78 is 6.29. The molecule has 0 bridgehead atoms. The van der Waals surface area contributed by atoms with E-state index in [1.165, 1.54) is 18.9 Å². The van der Waals surface area contributed by atoms with Gasteiger partial charge in [-0.3, -0.25) is 14.6 Å². The predicted octanol–water partition coefficient (Wildman–Crippen LogP) is 5.34. The third kappa shape index (κ3) is 4.95. The fraction of sp³-hybridized carbons (Fsp3) is 0.483. The van der Waals surface area contributed by atoms with Gasteiger partial charge in [0.15, 0.2) is 11.0 Å². The molecule has 3 heterocycles. The fourth-order valence-corrected chi connectivity index (χ4v) is 5.83. The third-order valence-electron chi connectivity index (χ3n) is 7.62. The molecular weight excluding hydrogens is 440 g/mol. The molecule has 2 atom stereocenters. The molecule has 2 N–H and O–H groups in total. The van der Waals surface area contributed by atoms with E-state index in [-0.39, 0.29) is 22.3 Å². The minimum Gasteiger partial charge on any atom is -0.507 e. The van der Waals surface area contributed by atoms with Crippen LogP contribution in [-0.2, 0) is 13.1 Å². The largest absolute Gasteiger partial charge is 0.507 e. The first kappa shape index (κ1) is 23.9. The highest BCUT2D eigenvalue weighted by Gasteiger charge is 2.28. The summed E-state index contributed by atoms with van der Waals surface area (Å²) in [5, 5.41) is 23.0.